The maximum atomic E-state index is 12.5. The third-order valence-corrected chi connectivity index (χ3v) is 3.57. The highest BCUT2D eigenvalue weighted by Crippen LogP contribution is 2.25. The Balaban J connectivity index is 2.19. The third-order valence-electron chi connectivity index (χ3n) is 2.99. The van der Waals surface area contributed by atoms with Gasteiger partial charge in [0.15, 0.2) is 0 Å². The van der Waals surface area contributed by atoms with E-state index in [2.05, 4.69) is 0 Å². The lowest BCUT2D eigenvalue weighted by molar-refractivity contribution is -0.0109. The summed E-state index contributed by atoms with van der Waals surface area (Å²) < 4.78 is 10.6. The molecule has 1 unspecified atom stereocenters. The maximum absolute atomic E-state index is 12.5. The quantitative estimate of drug-likeness (QED) is 0.805. The highest BCUT2D eigenvalue weighted by atomic mass is 35.5. The second kappa shape index (κ2) is 6.46. The Hall–Kier alpha value is -0.970. The summed E-state index contributed by atoms with van der Waals surface area (Å²) in [6, 6.07) is 4.99. The smallest absolute Gasteiger partial charge is 0.257 e. The number of amides is 1. The number of carbonyl (C=O) groups is 1. The molecule has 4 nitrogen and oxygen atoms in total. The molecule has 1 saturated heterocycles. The Labute approximate surface area is 122 Å². The summed E-state index contributed by atoms with van der Waals surface area (Å²) in [6.07, 6.45) is -0.113. The van der Waals surface area contributed by atoms with Gasteiger partial charge in [-0.3, -0.25) is 4.79 Å². The molecule has 104 valence electrons. The minimum absolute atomic E-state index is 0.0908. The van der Waals surface area contributed by atoms with Gasteiger partial charge in [-0.05, 0) is 18.2 Å². The summed E-state index contributed by atoms with van der Waals surface area (Å²) in [5, 5.41) is 0.536. The van der Waals surface area contributed by atoms with E-state index in [9.17, 15) is 4.79 Å². The Morgan fingerprint density at radius 1 is 1.58 bits per heavy atom. The average Bonchev–Trinajstić information content (AvgIpc) is 2.46. The lowest BCUT2D eigenvalue weighted by atomic mass is 10.1. The van der Waals surface area contributed by atoms with Crippen LogP contribution in [-0.2, 0) is 4.74 Å². The first-order valence-corrected chi connectivity index (χ1v) is 6.87. The molecule has 1 aliphatic heterocycles. The standard InChI is InChI=1S/C13H15Cl2NO3/c1-18-12-6-9(15)2-3-11(12)13(17)16-4-5-19-10(7-14)8-16/h2-3,6,10H,4-5,7-8H2,1H3. The molecule has 6 heteroatoms. The van der Waals surface area contributed by atoms with E-state index in [1.54, 1.807) is 23.1 Å². The summed E-state index contributed by atoms with van der Waals surface area (Å²) in [7, 11) is 1.52. The molecule has 1 fully saturated rings. The van der Waals surface area contributed by atoms with Crippen LogP contribution >= 0.6 is 23.2 Å². The lowest BCUT2D eigenvalue weighted by Gasteiger charge is -2.32. The molecule has 0 radical (unpaired) electrons. The molecule has 2 rings (SSSR count). The number of carbonyl (C=O) groups excluding carboxylic acids is 1. The number of rotatable bonds is 3. The van der Waals surface area contributed by atoms with Gasteiger partial charge in [-0.15, -0.1) is 11.6 Å². The molecule has 0 aliphatic carbocycles. The zero-order valence-electron chi connectivity index (χ0n) is 10.6. The number of benzene rings is 1. The normalized spacial score (nSPS) is 19.3. The summed E-state index contributed by atoms with van der Waals surface area (Å²) in [6.45, 7) is 1.55. The van der Waals surface area contributed by atoms with Gasteiger partial charge in [-0.1, -0.05) is 11.6 Å². The first-order valence-electron chi connectivity index (χ1n) is 5.96. The average molecular weight is 304 g/mol. The Kier molecular flexibility index (Phi) is 4.91. The fraction of sp³-hybridized carbons (Fsp3) is 0.462. The van der Waals surface area contributed by atoms with Gasteiger partial charge in [-0.2, -0.15) is 0 Å². The van der Waals surface area contributed by atoms with Gasteiger partial charge < -0.3 is 14.4 Å². The largest absolute Gasteiger partial charge is 0.496 e. The van der Waals surface area contributed by atoms with Gasteiger partial charge in [0.2, 0.25) is 0 Å². The number of methoxy groups -OCH3 is 1. The fourth-order valence-electron chi connectivity index (χ4n) is 2.01. The van der Waals surface area contributed by atoms with Gasteiger partial charge in [0.05, 0.1) is 31.3 Å². The van der Waals surface area contributed by atoms with E-state index in [4.69, 9.17) is 32.7 Å². The third kappa shape index (κ3) is 3.32. The molecule has 0 N–H and O–H groups in total. The molecule has 0 saturated carbocycles. The van der Waals surface area contributed by atoms with Crippen molar-refractivity contribution in [3.05, 3.63) is 28.8 Å². The Morgan fingerprint density at radius 2 is 2.37 bits per heavy atom. The molecule has 0 spiro atoms. The fourth-order valence-corrected chi connectivity index (χ4v) is 2.36. The van der Waals surface area contributed by atoms with E-state index >= 15 is 0 Å². The molecular formula is C13H15Cl2NO3. The zero-order chi connectivity index (χ0) is 13.8. The second-order valence-corrected chi connectivity index (χ2v) is 4.99. The number of nitrogens with zero attached hydrogens (tertiary/aromatic N) is 1. The van der Waals surface area contributed by atoms with Gasteiger partial charge in [-0.25, -0.2) is 0 Å². The molecule has 1 atom stereocenters. The van der Waals surface area contributed by atoms with Crippen LogP contribution in [0.25, 0.3) is 0 Å². The highest BCUT2D eigenvalue weighted by molar-refractivity contribution is 6.30. The summed E-state index contributed by atoms with van der Waals surface area (Å²) in [5.74, 6) is 0.764. The van der Waals surface area contributed by atoms with E-state index in [-0.39, 0.29) is 12.0 Å². The van der Waals surface area contributed by atoms with Crippen molar-refractivity contribution >= 4 is 29.1 Å². The topological polar surface area (TPSA) is 38.8 Å². The van der Waals surface area contributed by atoms with Crippen LogP contribution in [0.2, 0.25) is 5.02 Å². The van der Waals surface area contributed by atoms with Crippen molar-refractivity contribution in [2.24, 2.45) is 0 Å². The van der Waals surface area contributed by atoms with E-state index in [1.807, 2.05) is 0 Å². The lowest BCUT2D eigenvalue weighted by Crippen LogP contribution is -2.46. The van der Waals surface area contributed by atoms with Gasteiger partial charge in [0.25, 0.3) is 5.91 Å². The maximum Gasteiger partial charge on any atom is 0.257 e. The monoisotopic (exact) mass is 303 g/mol. The number of halogens is 2. The van der Waals surface area contributed by atoms with Crippen LogP contribution in [0.4, 0.5) is 0 Å². The summed E-state index contributed by atoms with van der Waals surface area (Å²) in [4.78, 5) is 14.2. The SMILES string of the molecule is COc1cc(Cl)ccc1C(=O)N1CCOC(CCl)C1. The predicted molar refractivity (Wildman–Crippen MR) is 74.4 cm³/mol. The van der Waals surface area contributed by atoms with E-state index in [0.29, 0.717) is 41.9 Å². The predicted octanol–water partition coefficient (Wildman–Crippen LogP) is 2.43. The number of hydrogen-bond acceptors (Lipinski definition) is 3. The van der Waals surface area contributed by atoms with Crippen molar-refractivity contribution in [2.75, 3.05) is 32.7 Å². The van der Waals surface area contributed by atoms with Crippen molar-refractivity contribution in [2.45, 2.75) is 6.10 Å². The molecule has 0 aromatic heterocycles. The molecule has 1 aliphatic rings. The number of hydrogen-bond donors (Lipinski definition) is 0. The van der Waals surface area contributed by atoms with Crippen molar-refractivity contribution in [1.29, 1.82) is 0 Å². The second-order valence-electron chi connectivity index (χ2n) is 4.24. The first kappa shape index (κ1) is 14.4. The van der Waals surface area contributed by atoms with Crippen LogP contribution in [0.3, 0.4) is 0 Å². The van der Waals surface area contributed by atoms with Gasteiger partial charge >= 0.3 is 0 Å². The summed E-state index contributed by atoms with van der Waals surface area (Å²) >= 11 is 11.7. The zero-order valence-corrected chi connectivity index (χ0v) is 12.1. The van der Waals surface area contributed by atoms with Crippen LogP contribution < -0.4 is 4.74 Å². The van der Waals surface area contributed by atoms with Crippen LogP contribution in [0.5, 0.6) is 5.75 Å². The molecule has 19 heavy (non-hydrogen) atoms. The molecular weight excluding hydrogens is 289 g/mol. The molecule has 1 aromatic rings. The molecule has 0 bridgehead atoms. The van der Waals surface area contributed by atoms with Crippen LogP contribution in [0.1, 0.15) is 10.4 Å². The van der Waals surface area contributed by atoms with Gasteiger partial charge in [0, 0.05) is 18.1 Å². The van der Waals surface area contributed by atoms with E-state index in [0.717, 1.165) is 0 Å². The van der Waals surface area contributed by atoms with Crippen molar-refractivity contribution in [1.82, 2.24) is 4.90 Å². The Morgan fingerprint density at radius 3 is 3.05 bits per heavy atom. The van der Waals surface area contributed by atoms with Gasteiger partial charge in [0.1, 0.15) is 5.75 Å². The van der Waals surface area contributed by atoms with Crippen molar-refractivity contribution < 1.29 is 14.3 Å². The summed E-state index contributed by atoms with van der Waals surface area (Å²) in [5.41, 5.74) is 0.502. The van der Waals surface area contributed by atoms with Crippen LogP contribution in [0.15, 0.2) is 18.2 Å². The highest BCUT2D eigenvalue weighted by Gasteiger charge is 2.26. The Bertz CT molecular complexity index is 467. The molecule has 1 aromatic carbocycles. The van der Waals surface area contributed by atoms with Crippen molar-refractivity contribution in [3.8, 4) is 5.75 Å². The van der Waals surface area contributed by atoms with Crippen LogP contribution in [0, 0.1) is 0 Å². The van der Waals surface area contributed by atoms with E-state index in [1.165, 1.54) is 7.11 Å². The van der Waals surface area contributed by atoms with Crippen molar-refractivity contribution in [3.63, 3.8) is 0 Å². The first-order chi connectivity index (χ1) is 9.15. The van der Waals surface area contributed by atoms with Crippen LogP contribution in [-0.4, -0.2) is 49.6 Å². The number of morpholine rings is 1. The number of ether oxygens (including phenoxy) is 2. The minimum Gasteiger partial charge on any atom is -0.496 e. The number of alkyl halides is 1. The van der Waals surface area contributed by atoms with E-state index < -0.39 is 0 Å². The molecule has 1 amide bonds. The molecule has 1 heterocycles. The minimum atomic E-state index is -0.113.